The highest BCUT2D eigenvalue weighted by molar-refractivity contribution is 8.01. The Kier molecular flexibility index (Phi) is 5.77. The number of esters is 1. The number of benzene rings is 1. The minimum absolute atomic E-state index is 0.0212. The molecule has 0 saturated heterocycles. The van der Waals surface area contributed by atoms with Gasteiger partial charge in [0.15, 0.2) is 12.4 Å². The molecule has 3 amide bonds. The van der Waals surface area contributed by atoms with Crippen LogP contribution in [0.2, 0.25) is 0 Å². The van der Waals surface area contributed by atoms with Gasteiger partial charge in [0.1, 0.15) is 0 Å². The molecule has 0 radical (unpaired) electrons. The highest BCUT2D eigenvalue weighted by atomic mass is 32.2. The Bertz CT molecular complexity index is 867. The summed E-state index contributed by atoms with van der Waals surface area (Å²) in [6.45, 7) is -0.590. The van der Waals surface area contributed by atoms with Crippen LogP contribution in [0.3, 0.4) is 0 Å². The van der Waals surface area contributed by atoms with Crippen LogP contribution in [-0.4, -0.2) is 35.5 Å². The lowest BCUT2D eigenvalue weighted by Gasteiger charge is -2.23. The first-order valence-electron chi connectivity index (χ1n) is 7.88. The topological polar surface area (TPSA) is 127 Å². The number of thioether (sulfide) groups is 1. The molecule has 1 aliphatic heterocycles. The molecule has 0 spiro atoms. The summed E-state index contributed by atoms with van der Waals surface area (Å²) in [7, 11) is 0. The minimum Gasteiger partial charge on any atom is -0.459 e. The molecule has 10 heteroatoms. The van der Waals surface area contributed by atoms with Gasteiger partial charge in [-0.3, -0.25) is 30.0 Å². The molecule has 1 aromatic heterocycles. The van der Waals surface area contributed by atoms with Gasteiger partial charge >= 0.3 is 11.9 Å². The number of carbonyl (C=O) groups excluding carboxylic acids is 4. The van der Waals surface area contributed by atoms with Crippen LogP contribution in [0.25, 0.3) is 0 Å². The third-order valence-corrected chi connectivity index (χ3v) is 4.76. The normalized spacial score (nSPS) is 15.3. The van der Waals surface area contributed by atoms with Crippen molar-refractivity contribution in [3.8, 4) is 0 Å². The molecule has 0 aliphatic carbocycles. The molecule has 0 unspecified atom stereocenters. The van der Waals surface area contributed by atoms with Crippen molar-refractivity contribution in [1.82, 2.24) is 10.9 Å². The first-order valence-corrected chi connectivity index (χ1v) is 8.76. The largest absolute Gasteiger partial charge is 0.459 e. The lowest BCUT2D eigenvalue weighted by Crippen LogP contribution is -2.43. The average molecular weight is 389 g/mol. The maximum Gasteiger partial charge on any atom is 0.307 e. The summed E-state index contributed by atoms with van der Waals surface area (Å²) in [5, 5.41) is 2.08. The molecule has 1 aliphatic rings. The zero-order valence-electron chi connectivity index (χ0n) is 13.9. The number of furan rings is 1. The van der Waals surface area contributed by atoms with Crippen LogP contribution in [0.4, 0.5) is 5.69 Å². The molecule has 9 nitrogen and oxygen atoms in total. The van der Waals surface area contributed by atoms with Crippen molar-refractivity contribution in [3.63, 3.8) is 0 Å². The number of rotatable bonds is 5. The summed E-state index contributed by atoms with van der Waals surface area (Å²) in [6.07, 6.45) is 1.13. The average Bonchev–Trinajstić information content (AvgIpc) is 3.20. The molecular formula is C17H15N3O6S. The van der Waals surface area contributed by atoms with Gasteiger partial charge in [-0.1, -0.05) is 12.1 Å². The van der Waals surface area contributed by atoms with Crippen molar-refractivity contribution in [1.29, 1.82) is 0 Å². The number of hydrogen-bond donors (Lipinski definition) is 3. The Balaban J connectivity index is 1.41. The van der Waals surface area contributed by atoms with E-state index in [2.05, 4.69) is 16.2 Å². The zero-order valence-corrected chi connectivity index (χ0v) is 14.7. The molecule has 3 N–H and O–H groups in total. The van der Waals surface area contributed by atoms with E-state index in [-0.39, 0.29) is 18.1 Å². The molecule has 1 aromatic carbocycles. The van der Waals surface area contributed by atoms with E-state index in [9.17, 15) is 19.2 Å². The van der Waals surface area contributed by atoms with Gasteiger partial charge in [-0.25, -0.2) is 0 Å². The summed E-state index contributed by atoms with van der Waals surface area (Å²) in [4.78, 5) is 48.0. The SMILES string of the molecule is O=C(COC(=O)C[C@H]1Sc2ccccc2NC1=O)NNC(=O)c1ccco1. The van der Waals surface area contributed by atoms with Crippen LogP contribution in [0, 0.1) is 0 Å². The zero-order chi connectivity index (χ0) is 19.2. The van der Waals surface area contributed by atoms with E-state index in [1.54, 1.807) is 12.1 Å². The number of hydrazine groups is 1. The number of hydrogen-bond acceptors (Lipinski definition) is 7. The first-order chi connectivity index (χ1) is 13.0. The molecular weight excluding hydrogens is 374 g/mol. The van der Waals surface area contributed by atoms with Gasteiger partial charge in [-0.15, -0.1) is 11.8 Å². The molecule has 0 fully saturated rings. The number of ether oxygens (including phenoxy) is 1. The maximum absolute atomic E-state index is 12.0. The van der Waals surface area contributed by atoms with Crippen molar-refractivity contribution < 1.29 is 28.3 Å². The smallest absolute Gasteiger partial charge is 0.307 e. The van der Waals surface area contributed by atoms with Crippen molar-refractivity contribution in [3.05, 3.63) is 48.4 Å². The fourth-order valence-corrected chi connectivity index (χ4v) is 3.31. The van der Waals surface area contributed by atoms with E-state index in [1.165, 1.54) is 30.2 Å². The first kappa shape index (κ1) is 18.5. The molecule has 0 saturated carbocycles. The van der Waals surface area contributed by atoms with E-state index < -0.39 is 29.6 Å². The fraction of sp³-hybridized carbons (Fsp3) is 0.176. The molecule has 2 aromatic rings. The second kappa shape index (κ2) is 8.41. The molecule has 3 rings (SSSR count). The Morgan fingerprint density at radius 1 is 1.15 bits per heavy atom. The van der Waals surface area contributed by atoms with E-state index in [0.717, 1.165) is 4.90 Å². The highest BCUT2D eigenvalue weighted by Gasteiger charge is 2.29. The lowest BCUT2D eigenvalue weighted by atomic mass is 10.2. The van der Waals surface area contributed by atoms with Crippen LogP contribution in [0.1, 0.15) is 17.0 Å². The number of anilines is 1. The summed E-state index contributed by atoms with van der Waals surface area (Å²) in [6, 6.07) is 10.2. The van der Waals surface area contributed by atoms with Crippen molar-refractivity contribution in [2.45, 2.75) is 16.6 Å². The molecule has 2 heterocycles. The van der Waals surface area contributed by atoms with E-state index >= 15 is 0 Å². The fourth-order valence-electron chi connectivity index (χ4n) is 2.22. The second-order valence-corrected chi connectivity index (χ2v) is 6.68. The predicted molar refractivity (Wildman–Crippen MR) is 94.6 cm³/mol. The Morgan fingerprint density at radius 2 is 1.96 bits per heavy atom. The third kappa shape index (κ3) is 4.88. The number of nitrogens with one attached hydrogen (secondary N) is 3. The number of carbonyl (C=O) groups is 4. The third-order valence-electron chi connectivity index (χ3n) is 3.48. The standard InChI is InChI=1S/C17H15N3O6S/c21-14(19-20-16(23)11-5-3-7-25-11)9-26-15(22)8-13-17(24)18-10-4-1-2-6-12(10)27-13/h1-7,13H,8-9H2,(H,18,24)(H,19,21)(H,20,23)/t13-/m1/s1. The van der Waals surface area contributed by atoms with Gasteiger partial charge in [-0.2, -0.15) is 0 Å². The van der Waals surface area contributed by atoms with E-state index in [0.29, 0.717) is 5.69 Å². The van der Waals surface area contributed by atoms with Crippen LogP contribution >= 0.6 is 11.8 Å². The van der Waals surface area contributed by atoms with Gasteiger partial charge in [-0.05, 0) is 24.3 Å². The van der Waals surface area contributed by atoms with E-state index in [4.69, 9.17) is 9.15 Å². The second-order valence-electron chi connectivity index (χ2n) is 5.44. The number of amides is 3. The summed E-state index contributed by atoms with van der Waals surface area (Å²) in [5.74, 6) is -2.35. The van der Waals surface area contributed by atoms with Crippen molar-refractivity contribution in [2.75, 3.05) is 11.9 Å². The van der Waals surface area contributed by atoms with Gasteiger partial charge in [0.05, 0.1) is 23.6 Å². The number of fused-ring (bicyclic) bond motifs is 1. The molecule has 0 bridgehead atoms. The summed E-state index contributed by atoms with van der Waals surface area (Å²) >= 11 is 1.26. The molecule has 1 atom stereocenters. The van der Waals surface area contributed by atoms with Gasteiger partial charge < -0.3 is 14.5 Å². The van der Waals surface area contributed by atoms with Crippen LogP contribution < -0.4 is 16.2 Å². The van der Waals surface area contributed by atoms with E-state index in [1.807, 2.05) is 12.1 Å². The monoisotopic (exact) mass is 389 g/mol. The minimum atomic E-state index is -0.727. The van der Waals surface area contributed by atoms with Crippen LogP contribution in [-0.2, 0) is 19.1 Å². The van der Waals surface area contributed by atoms with Crippen molar-refractivity contribution >= 4 is 41.1 Å². The summed E-state index contributed by atoms with van der Waals surface area (Å²) in [5.41, 5.74) is 4.91. The lowest BCUT2D eigenvalue weighted by molar-refractivity contribution is -0.149. The van der Waals surface area contributed by atoms with Gasteiger partial charge in [0, 0.05) is 4.90 Å². The quantitative estimate of drug-likeness (QED) is 0.516. The molecule has 140 valence electrons. The van der Waals surface area contributed by atoms with Gasteiger partial charge in [0.2, 0.25) is 5.91 Å². The number of para-hydroxylation sites is 1. The predicted octanol–water partition coefficient (Wildman–Crippen LogP) is 1.09. The summed E-state index contributed by atoms with van der Waals surface area (Å²) < 4.78 is 9.70. The van der Waals surface area contributed by atoms with Crippen molar-refractivity contribution in [2.24, 2.45) is 0 Å². The van der Waals surface area contributed by atoms with Crippen LogP contribution in [0.5, 0.6) is 0 Å². The van der Waals surface area contributed by atoms with Gasteiger partial charge in [0.25, 0.3) is 5.91 Å². The Morgan fingerprint density at radius 3 is 2.74 bits per heavy atom. The molecule has 27 heavy (non-hydrogen) atoms. The maximum atomic E-state index is 12.0. The van der Waals surface area contributed by atoms with Crippen LogP contribution in [0.15, 0.2) is 52.0 Å². The highest BCUT2D eigenvalue weighted by Crippen LogP contribution is 2.36. The Labute approximate surface area is 157 Å². The Hall–Kier alpha value is -3.27.